The second-order valence-electron chi connectivity index (χ2n) is 3.34. The van der Waals surface area contributed by atoms with Crippen molar-refractivity contribution in [2.75, 3.05) is 6.61 Å². The highest BCUT2D eigenvalue weighted by Crippen LogP contribution is 2.16. The van der Waals surface area contributed by atoms with Crippen molar-refractivity contribution in [1.29, 1.82) is 0 Å². The summed E-state index contributed by atoms with van der Waals surface area (Å²) in [6.07, 6.45) is -0.259. The van der Waals surface area contributed by atoms with Crippen LogP contribution in [0.5, 0.6) is 0 Å². The van der Waals surface area contributed by atoms with Crippen LogP contribution in [-0.4, -0.2) is 34.9 Å². The van der Waals surface area contributed by atoms with Crippen LogP contribution in [0, 0.1) is 0 Å². The maximum Gasteiger partial charge on any atom is 0.345 e. The molecule has 0 saturated carbocycles. The molecule has 5 heteroatoms. The average molecular weight is 216 g/mol. The Labute approximate surface area is 88.4 Å². The third-order valence-electron chi connectivity index (χ3n) is 2.03. The van der Waals surface area contributed by atoms with Crippen molar-refractivity contribution in [3.05, 3.63) is 0 Å². The number of esters is 1. The first-order chi connectivity index (χ1) is 6.84. The quantitative estimate of drug-likeness (QED) is 0.508. The topological polar surface area (TPSA) is 80.7 Å². The van der Waals surface area contributed by atoms with E-state index >= 15 is 0 Å². The minimum absolute atomic E-state index is 0.0328. The number of hydrogen-bond acceptors (Lipinski definition) is 5. The summed E-state index contributed by atoms with van der Waals surface area (Å²) in [7, 11) is 0. The normalized spacial score (nSPS) is 14.1. The fourth-order valence-corrected chi connectivity index (χ4v) is 1.03. The number of hydrogen-bond donors (Lipinski definition) is 1. The summed E-state index contributed by atoms with van der Waals surface area (Å²) in [5.74, 6) is -1.89. The van der Waals surface area contributed by atoms with E-state index in [0.717, 1.165) is 6.92 Å². The van der Waals surface area contributed by atoms with E-state index in [9.17, 15) is 19.5 Å². The fourth-order valence-electron chi connectivity index (χ4n) is 1.03. The molecule has 1 atom stereocenters. The van der Waals surface area contributed by atoms with Crippen LogP contribution in [0.4, 0.5) is 0 Å². The van der Waals surface area contributed by atoms with Crippen molar-refractivity contribution in [2.45, 2.75) is 39.2 Å². The molecule has 0 spiro atoms. The second-order valence-corrected chi connectivity index (χ2v) is 3.34. The zero-order valence-electron chi connectivity index (χ0n) is 9.20. The summed E-state index contributed by atoms with van der Waals surface area (Å²) < 4.78 is 4.58. The van der Waals surface area contributed by atoms with Crippen LogP contribution in [0.25, 0.3) is 0 Å². The van der Waals surface area contributed by atoms with Crippen LogP contribution in [0.3, 0.4) is 0 Å². The van der Waals surface area contributed by atoms with Gasteiger partial charge in [-0.25, -0.2) is 4.79 Å². The molecular formula is C10H16O5. The van der Waals surface area contributed by atoms with Gasteiger partial charge in [0.05, 0.1) is 6.61 Å². The SMILES string of the molecule is CCOC(=O)C(O)(CCC(C)=O)C(C)=O. The van der Waals surface area contributed by atoms with Crippen LogP contribution in [0.1, 0.15) is 33.6 Å². The minimum Gasteiger partial charge on any atom is -0.464 e. The summed E-state index contributed by atoms with van der Waals surface area (Å²) in [6.45, 7) is 4.07. The summed E-state index contributed by atoms with van der Waals surface area (Å²) in [5.41, 5.74) is -2.18. The van der Waals surface area contributed by atoms with E-state index in [1.54, 1.807) is 6.92 Å². The summed E-state index contributed by atoms with van der Waals surface area (Å²) >= 11 is 0. The van der Waals surface area contributed by atoms with Crippen molar-refractivity contribution in [3.63, 3.8) is 0 Å². The lowest BCUT2D eigenvalue weighted by Crippen LogP contribution is -2.46. The molecule has 0 aliphatic carbocycles. The van der Waals surface area contributed by atoms with Gasteiger partial charge < -0.3 is 14.6 Å². The predicted molar refractivity (Wildman–Crippen MR) is 52.2 cm³/mol. The van der Waals surface area contributed by atoms with Gasteiger partial charge in [-0.1, -0.05) is 0 Å². The highest BCUT2D eigenvalue weighted by molar-refractivity contribution is 6.06. The molecular weight excluding hydrogens is 200 g/mol. The number of rotatable bonds is 6. The summed E-state index contributed by atoms with van der Waals surface area (Å²) in [4.78, 5) is 33.2. The van der Waals surface area contributed by atoms with E-state index in [0.29, 0.717) is 0 Å². The highest BCUT2D eigenvalue weighted by Gasteiger charge is 2.42. The smallest absolute Gasteiger partial charge is 0.345 e. The van der Waals surface area contributed by atoms with Gasteiger partial charge in [-0.15, -0.1) is 0 Å². The number of aliphatic hydroxyl groups is 1. The monoisotopic (exact) mass is 216 g/mol. The third-order valence-corrected chi connectivity index (χ3v) is 2.03. The Morgan fingerprint density at radius 3 is 2.13 bits per heavy atom. The standard InChI is InChI=1S/C10H16O5/c1-4-15-9(13)10(14,8(3)12)6-5-7(2)11/h14H,4-6H2,1-3H3. The number of ketones is 2. The van der Waals surface area contributed by atoms with Gasteiger partial charge in [-0.3, -0.25) is 4.79 Å². The molecule has 15 heavy (non-hydrogen) atoms. The zero-order valence-corrected chi connectivity index (χ0v) is 9.20. The van der Waals surface area contributed by atoms with Gasteiger partial charge in [0.1, 0.15) is 5.78 Å². The third kappa shape index (κ3) is 3.79. The molecule has 0 fully saturated rings. The first-order valence-corrected chi connectivity index (χ1v) is 4.74. The summed E-state index contributed by atoms with van der Waals surface area (Å²) in [6, 6.07) is 0. The lowest BCUT2D eigenvalue weighted by atomic mass is 9.92. The van der Waals surface area contributed by atoms with Gasteiger partial charge in [-0.05, 0) is 20.8 Å². The Morgan fingerprint density at radius 1 is 1.27 bits per heavy atom. The predicted octanol–water partition coefficient (Wildman–Crippen LogP) is 0.239. The van der Waals surface area contributed by atoms with E-state index in [-0.39, 0.29) is 25.2 Å². The van der Waals surface area contributed by atoms with Crippen LogP contribution < -0.4 is 0 Å². The van der Waals surface area contributed by atoms with Gasteiger partial charge in [-0.2, -0.15) is 0 Å². The Bertz CT molecular complexity index is 271. The Balaban J connectivity index is 4.66. The number of Topliss-reactive ketones (excluding diaryl/α,β-unsaturated/α-hetero) is 2. The van der Waals surface area contributed by atoms with Crippen molar-refractivity contribution < 1.29 is 24.2 Å². The zero-order chi connectivity index (χ0) is 12.1. The van der Waals surface area contributed by atoms with Crippen molar-refractivity contribution in [3.8, 4) is 0 Å². The molecule has 5 nitrogen and oxygen atoms in total. The van der Waals surface area contributed by atoms with Crippen LogP contribution in [-0.2, 0) is 19.1 Å². The van der Waals surface area contributed by atoms with E-state index < -0.39 is 17.4 Å². The molecule has 0 bridgehead atoms. The molecule has 0 heterocycles. The van der Waals surface area contributed by atoms with Gasteiger partial charge >= 0.3 is 5.97 Å². The lowest BCUT2D eigenvalue weighted by Gasteiger charge is -2.22. The van der Waals surface area contributed by atoms with E-state index in [4.69, 9.17) is 0 Å². The largest absolute Gasteiger partial charge is 0.464 e. The first-order valence-electron chi connectivity index (χ1n) is 4.74. The van der Waals surface area contributed by atoms with Crippen LogP contribution in [0.15, 0.2) is 0 Å². The molecule has 1 N–H and O–H groups in total. The molecule has 86 valence electrons. The van der Waals surface area contributed by atoms with E-state index in [1.807, 2.05) is 0 Å². The Morgan fingerprint density at radius 2 is 1.80 bits per heavy atom. The Kier molecular flexibility index (Phi) is 5.14. The number of carbonyl (C=O) groups is 3. The molecule has 0 rings (SSSR count). The molecule has 0 aromatic heterocycles. The molecule has 0 aromatic rings. The van der Waals surface area contributed by atoms with Gasteiger partial charge in [0.25, 0.3) is 0 Å². The molecule has 0 aliphatic heterocycles. The minimum atomic E-state index is -2.18. The second kappa shape index (κ2) is 5.60. The maximum absolute atomic E-state index is 11.3. The van der Waals surface area contributed by atoms with Crippen LogP contribution in [0.2, 0.25) is 0 Å². The van der Waals surface area contributed by atoms with Gasteiger partial charge in [0, 0.05) is 12.8 Å². The van der Waals surface area contributed by atoms with E-state index in [2.05, 4.69) is 4.74 Å². The van der Waals surface area contributed by atoms with Crippen molar-refractivity contribution in [1.82, 2.24) is 0 Å². The van der Waals surface area contributed by atoms with E-state index in [1.165, 1.54) is 6.92 Å². The Hall–Kier alpha value is -1.23. The van der Waals surface area contributed by atoms with Crippen LogP contribution >= 0.6 is 0 Å². The molecule has 0 saturated heterocycles. The lowest BCUT2D eigenvalue weighted by molar-refractivity contribution is -0.170. The molecule has 0 radical (unpaired) electrons. The first kappa shape index (κ1) is 13.8. The fraction of sp³-hybridized carbons (Fsp3) is 0.700. The summed E-state index contributed by atoms with van der Waals surface area (Å²) in [5, 5.41) is 9.76. The molecule has 1 unspecified atom stereocenters. The van der Waals surface area contributed by atoms with Gasteiger partial charge in [0.15, 0.2) is 5.78 Å². The average Bonchev–Trinajstić information content (AvgIpc) is 2.14. The molecule has 0 aromatic carbocycles. The molecule has 0 amide bonds. The number of carbonyl (C=O) groups excluding carboxylic acids is 3. The highest BCUT2D eigenvalue weighted by atomic mass is 16.5. The van der Waals surface area contributed by atoms with Gasteiger partial charge in [0.2, 0.25) is 5.60 Å². The number of ether oxygens (including phenoxy) is 1. The maximum atomic E-state index is 11.3. The van der Waals surface area contributed by atoms with Crippen molar-refractivity contribution >= 4 is 17.5 Å². The molecule has 0 aliphatic rings. The van der Waals surface area contributed by atoms with Crippen molar-refractivity contribution in [2.24, 2.45) is 0 Å².